The first-order chi connectivity index (χ1) is 12.4. The lowest BCUT2D eigenvalue weighted by Gasteiger charge is -2.11. The Morgan fingerprint density at radius 3 is 2.23 bits per heavy atom. The number of carbonyl (C=O) groups excluding carboxylic acids is 2. The second kappa shape index (κ2) is 8.88. The van der Waals surface area contributed by atoms with Gasteiger partial charge >= 0.3 is 0 Å². The Labute approximate surface area is 156 Å². The number of halogens is 1. The van der Waals surface area contributed by atoms with E-state index in [4.69, 9.17) is 21.6 Å². The fourth-order valence-electron chi connectivity index (χ4n) is 2.29. The molecule has 0 saturated heterocycles. The molecule has 2 aromatic carbocycles. The molecule has 0 heterocycles. The molecule has 0 unspecified atom stereocenters. The highest BCUT2D eigenvalue weighted by molar-refractivity contribution is 6.32. The summed E-state index contributed by atoms with van der Waals surface area (Å²) in [6.45, 7) is 3.58. The van der Waals surface area contributed by atoms with E-state index in [0.29, 0.717) is 22.1 Å². The molecule has 2 N–H and O–H groups in total. The molecule has 0 spiro atoms. The molecule has 2 rings (SSSR count). The van der Waals surface area contributed by atoms with Crippen LogP contribution in [0.1, 0.15) is 17.5 Å². The third kappa shape index (κ3) is 5.50. The molecule has 0 aromatic heterocycles. The van der Waals surface area contributed by atoms with E-state index in [1.54, 1.807) is 42.5 Å². The van der Waals surface area contributed by atoms with Crippen molar-refractivity contribution < 1.29 is 14.3 Å². The maximum Gasteiger partial charge on any atom is 0.262 e. The van der Waals surface area contributed by atoms with E-state index in [1.165, 1.54) is 0 Å². The van der Waals surface area contributed by atoms with Crippen LogP contribution in [0.3, 0.4) is 0 Å². The third-order valence-electron chi connectivity index (χ3n) is 3.45. The average Bonchev–Trinajstić information content (AvgIpc) is 2.58. The fourth-order valence-corrected chi connectivity index (χ4v) is 2.40. The van der Waals surface area contributed by atoms with Crippen molar-refractivity contribution in [3.05, 3.63) is 52.5 Å². The van der Waals surface area contributed by atoms with Gasteiger partial charge in [-0.05, 0) is 55.3 Å². The highest BCUT2D eigenvalue weighted by atomic mass is 35.5. The highest BCUT2D eigenvalue weighted by Gasteiger charge is 2.08. The lowest BCUT2D eigenvalue weighted by atomic mass is 10.1. The van der Waals surface area contributed by atoms with Crippen LogP contribution >= 0.6 is 11.6 Å². The minimum Gasteiger partial charge on any atom is -0.484 e. The summed E-state index contributed by atoms with van der Waals surface area (Å²) >= 11 is 6.11. The van der Waals surface area contributed by atoms with Crippen LogP contribution in [0.15, 0.2) is 36.4 Å². The minimum absolute atomic E-state index is 0.161. The first kappa shape index (κ1) is 19.3. The van der Waals surface area contributed by atoms with Crippen LogP contribution in [0.5, 0.6) is 5.75 Å². The molecule has 7 heteroatoms. The molecular formula is C19H18ClN3O3. The first-order valence-corrected chi connectivity index (χ1v) is 8.23. The number of amides is 2. The Morgan fingerprint density at radius 1 is 1.08 bits per heavy atom. The van der Waals surface area contributed by atoms with Crippen LogP contribution in [0, 0.1) is 25.2 Å². The van der Waals surface area contributed by atoms with E-state index in [-0.39, 0.29) is 18.9 Å². The third-order valence-corrected chi connectivity index (χ3v) is 4.05. The van der Waals surface area contributed by atoms with Gasteiger partial charge in [0.15, 0.2) is 6.61 Å². The number of anilines is 2. The van der Waals surface area contributed by atoms with Crippen molar-refractivity contribution in [1.82, 2.24) is 0 Å². The van der Waals surface area contributed by atoms with Gasteiger partial charge in [-0.3, -0.25) is 9.59 Å². The molecule has 0 aliphatic heterocycles. The zero-order valence-corrected chi connectivity index (χ0v) is 15.2. The lowest BCUT2D eigenvalue weighted by Crippen LogP contribution is -2.20. The summed E-state index contributed by atoms with van der Waals surface area (Å²) in [7, 11) is 0. The normalized spacial score (nSPS) is 9.92. The van der Waals surface area contributed by atoms with Gasteiger partial charge in [0.2, 0.25) is 5.91 Å². The van der Waals surface area contributed by atoms with Crippen LogP contribution in [0.2, 0.25) is 5.02 Å². The molecule has 2 aromatic rings. The molecule has 2 amide bonds. The summed E-state index contributed by atoms with van der Waals surface area (Å²) in [6, 6.07) is 12.0. The quantitative estimate of drug-likeness (QED) is 0.807. The standard InChI is InChI=1S/C19H18ClN3O3/c1-12-8-16(9-13(2)19(12)20)26-11-18(25)23-15-5-3-4-14(10-15)22-17(24)6-7-21/h3-5,8-10H,6,11H2,1-2H3,(H,22,24)(H,23,25). The predicted octanol–water partition coefficient (Wildman–Crippen LogP) is 3.83. The molecule has 6 nitrogen and oxygen atoms in total. The van der Waals surface area contributed by atoms with E-state index < -0.39 is 5.91 Å². The van der Waals surface area contributed by atoms with Crippen molar-refractivity contribution in [2.24, 2.45) is 0 Å². The van der Waals surface area contributed by atoms with Crippen LogP contribution < -0.4 is 15.4 Å². The Hall–Kier alpha value is -3.04. The van der Waals surface area contributed by atoms with Crippen LogP contribution in [0.25, 0.3) is 0 Å². The van der Waals surface area contributed by atoms with Gasteiger partial charge in [-0.1, -0.05) is 17.7 Å². The smallest absolute Gasteiger partial charge is 0.262 e. The van der Waals surface area contributed by atoms with Crippen molar-refractivity contribution in [3.63, 3.8) is 0 Å². The Kier molecular flexibility index (Phi) is 6.59. The van der Waals surface area contributed by atoms with Gasteiger partial charge in [-0.25, -0.2) is 0 Å². The summed E-state index contributed by atoms with van der Waals surface area (Å²) in [6.07, 6.45) is -0.232. The van der Waals surface area contributed by atoms with E-state index in [0.717, 1.165) is 11.1 Å². The van der Waals surface area contributed by atoms with Gasteiger partial charge in [0.05, 0.1) is 6.07 Å². The van der Waals surface area contributed by atoms with E-state index >= 15 is 0 Å². The number of aryl methyl sites for hydroxylation is 2. The minimum atomic E-state index is -0.409. The number of hydrogen-bond acceptors (Lipinski definition) is 4. The summed E-state index contributed by atoms with van der Waals surface area (Å²) in [5, 5.41) is 14.4. The molecule has 0 aliphatic rings. The van der Waals surface area contributed by atoms with Crippen molar-refractivity contribution in [1.29, 1.82) is 5.26 Å². The number of nitrogens with zero attached hydrogens (tertiary/aromatic N) is 1. The molecule has 0 aliphatic carbocycles. The molecule has 0 bridgehead atoms. The lowest BCUT2D eigenvalue weighted by molar-refractivity contribution is -0.118. The molecule has 26 heavy (non-hydrogen) atoms. The highest BCUT2D eigenvalue weighted by Crippen LogP contribution is 2.25. The van der Waals surface area contributed by atoms with Gasteiger partial charge < -0.3 is 15.4 Å². The second-order valence-corrected chi connectivity index (χ2v) is 6.05. The van der Waals surface area contributed by atoms with Crippen molar-refractivity contribution in [2.45, 2.75) is 20.3 Å². The number of benzene rings is 2. The summed E-state index contributed by atoms with van der Waals surface area (Å²) in [5.41, 5.74) is 2.76. The maximum absolute atomic E-state index is 12.1. The molecule has 0 fully saturated rings. The maximum atomic E-state index is 12.1. The predicted molar refractivity (Wildman–Crippen MR) is 100 cm³/mol. The monoisotopic (exact) mass is 371 g/mol. The first-order valence-electron chi connectivity index (χ1n) is 7.85. The van der Waals surface area contributed by atoms with E-state index in [1.807, 2.05) is 13.8 Å². The van der Waals surface area contributed by atoms with Gasteiger partial charge in [-0.2, -0.15) is 5.26 Å². The van der Waals surface area contributed by atoms with Crippen molar-refractivity contribution in [3.8, 4) is 11.8 Å². The Morgan fingerprint density at radius 2 is 1.65 bits per heavy atom. The van der Waals surface area contributed by atoms with Crippen molar-refractivity contribution in [2.75, 3.05) is 17.2 Å². The molecular weight excluding hydrogens is 354 g/mol. The number of rotatable bonds is 6. The number of carbonyl (C=O) groups is 2. The number of ether oxygens (including phenoxy) is 1. The SMILES string of the molecule is Cc1cc(OCC(=O)Nc2cccc(NC(=O)CC#N)c2)cc(C)c1Cl. The zero-order chi connectivity index (χ0) is 19.1. The van der Waals surface area contributed by atoms with Gasteiger partial charge in [0, 0.05) is 16.4 Å². The Balaban J connectivity index is 1.94. The average molecular weight is 372 g/mol. The van der Waals surface area contributed by atoms with Crippen LogP contribution in [0.4, 0.5) is 11.4 Å². The number of hydrogen-bond donors (Lipinski definition) is 2. The summed E-state index contributed by atoms with van der Waals surface area (Å²) in [5.74, 6) is -0.180. The zero-order valence-electron chi connectivity index (χ0n) is 14.4. The van der Waals surface area contributed by atoms with Gasteiger partial charge in [0.1, 0.15) is 12.2 Å². The number of nitriles is 1. The van der Waals surface area contributed by atoms with Crippen LogP contribution in [-0.2, 0) is 9.59 Å². The van der Waals surface area contributed by atoms with E-state index in [2.05, 4.69) is 10.6 Å². The van der Waals surface area contributed by atoms with Gasteiger partial charge in [-0.15, -0.1) is 0 Å². The second-order valence-electron chi connectivity index (χ2n) is 5.67. The van der Waals surface area contributed by atoms with Gasteiger partial charge in [0.25, 0.3) is 5.91 Å². The van der Waals surface area contributed by atoms with Crippen LogP contribution in [-0.4, -0.2) is 18.4 Å². The summed E-state index contributed by atoms with van der Waals surface area (Å²) < 4.78 is 5.51. The molecule has 0 saturated carbocycles. The largest absolute Gasteiger partial charge is 0.484 e. The number of nitrogens with one attached hydrogen (secondary N) is 2. The molecule has 134 valence electrons. The molecule has 0 radical (unpaired) electrons. The van der Waals surface area contributed by atoms with Crippen molar-refractivity contribution >= 4 is 34.8 Å². The topological polar surface area (TPSA) is 91.2 Å². The van der Waals surface area contributed by atoms with E-state index in [9.17, 15) is 9.59 Å². The Bertz CT molecular complexity index is 852. The molecule has 0 atom stereocenters. The summed E-state index contributed by atoms with van der Waals surface area (Å²) in [4.78, 5) is 23.5. The fraction of sp³-hybridized carbons (Fsp3) is 0.211.